The van der Waals surface area contributed by atoms with Crippen LogP contribution in [0.25, 0.3) is 0 Å². The van der Waals surface area contributed by atoms with Crippen molar-refractivity contribution in [2.24, 2.45) is 0 Å². The molecule has 1 aromatic rings. The van der Waals surface area contributed by atoms with E-state index in [2.05, 4.69) is 0 Å². The van der Waals surface area contributed by atoms with Crippen LogP contribution < -0.4 is 4.90 Å². The Kier molecular flexibility index (Phi) is 6.51. The van der Waals surface area contributed by atoms with Crippen molar-refractivity contribution in [3.05, 3.63) is 30.1 Å². The van der Waals surface area contributed by atoms with Gasteiger partial charge in [-0.25, -0.2) is 4.39 Å². The molecule has 1 aliphatic rings. The lowest BCUT2D eigenvalue weighted by atomic mass is 10.2. The normalized spacial score (nSPS) is 18.4. The maximum Gasteiger partial charge on any atom is 0.255 e. The van der Waals surface area contributed by atoms with E-state index >= 15 is 0 Å². The molecule has 0 aromatic heterocycles. The summed E-state index contributed by atoms with van der Waals surface area (Å²) in [5, 5.41) is 8.78. The lowest BCUT2D eigenvalue weighted by Crippen LogP contribution is -2.40. The van der Waals surface area contributed by atoms with Crippen molar-refractivity contribution >= 4 is 11.6 Å². The molecule has 1 aromatic carbocycles. The van der Waals surface area contributed by atoms with E-state index < -0.39 is 6.10 Å². The van der Waals surface area contributed by atoms with Crippen LogP contribution in [0.15, 0.2) is 24.3 Å². The van der Waals surface area contributed by atoms with Crippen molar-refractivity contribution in [2.45, 2.75) is 38.4 Å². The Labute approximate surface area is 135 Å². The molecular weight excluding hydrogens is 299 g/mol. The first-order chi connectivity index (χ1) is 11.1. The number of amides is 1. The standard InChI is InChI=1S/C17H21FN2O3/c1-13(23-12-16-4-2-11-22-16)17(21)20(10-3-9-19)15-7-5-14(18)6-8-15/h5-8,13,16H,2-4,10-12H2,1H3. The SMILES string of the molecule is CC(OCC1CCCO1)C(=O)N(CCC#N)c1ccc(F)cc1. The Hall–Kier alpha value is -1.97. The largest absolute Gasteiger partial charge is 0.376 e. The van der Waals surface area contributed by atoms with Gasteiger partial charge in [0, 0.05) is 18.8 Å². The fourth-order valence-electron chi connectivity index (χ4n) is 2.47. The van der Waals surface area contributed by atoms with Gasteiger partial charge in [-0.05, 0) is 44.0 Å². The molecule has 23 heavy (non-hydrogen) atoms. The fourth-order valence-corrected chi connectivity index (χ4v) is 2.47. The van der Waals surface area contributed by atoms with Crippen molar-refractivity contribution in [3.8, 4) is 6.07 Å². The molecular formula is C17H21FN2O3. The molecule has 2 rings (SSSR count). The van der Waals surface area contributed by atoms with Gasteiger partial charge in [0.15, 0.2) is 0 Å². The van der Waals surface area contributed by atoms with Gasteiger partial charge in [-0.2, -0.15) is 5.26 Å². The predicted octanol–water partition coefficient (Wildman–Crippen LogP) is 2.66. The molecule has 0 bridgehead atoms. The molecule has 0 saturated carbocycles. The first-order valence-electron chi connectivity index (χ1n) is 7.79. The molecule has 124 valence electrons. The second kappa shape index (κ2) is 8.61. The number of carbonyl (C=O) groups excluding carboxylic acids is 1. The number of carbonyl (C=O) groups is 1. The first-order valence-corrected chi connectivity index (χ1v) is 7.79. The number of hydrogen-bond donors (Lipinski definition) is 0. The third-order valence-corrected chi connectivity index (χ3v) is 3.76. The van der Waals surface area contributed by atoms with E-state index in [0.29, 0.717) is 12.3 Å². The number of halogens is 1. The predicted molar refractivity (Wildman–Crippen MR) is 83.4 cm³/mol. The Morgan fingerprint density at radius 3 is 2.87 bits per heavy atom. The molecule has 1 heterocycles. The summed E-state index contributed by atoms with van der Waals surface area (Å²) in [7, 11) is 0. The number of anilines is 1. The van der Waals surface area contributed by atoms with Crippen LogP contribution >= 0.6 is 0 Å². The topological polar surface area (TPSA) is 62.6 Å². The highest BCUT2D eigenvalue weighted by Crippen LogP contribution is 2.18. The van der Waals surface area contributed by atoms with Crippen LogP contribution in [-0.4, -0.2) is 37.9 Å². The number of benzene rings is 1. The van der Waals surface area contributed by atoms with Crippen molar-refractivity contribution in [1.82, 2.24) is 0 Å². The number of rotatable bonds is 7. The minimum absolute atomic E-state index is 0.0450. The van der Waals surface area contributed by atoms with E-state index in [1.54, 1.807) is 6.92 Å². The summed E-state index contributed by atoms with van der Waals surface area (Å²) in [6.07, 6.45) is 1.55. The molecule has 1 saturated heterocycles. The van der Waals surface area contributed by atoms with Crippen LogP contribution in [0, 0.1) is 17.1 Å². The van der Waals surface area contributed by atoms with E-state index in [-0.39, 0.29) is 30.8 Å². The van der Waals surface area contributed by atoms with Crippen LogP contribution in [0.2, 0.25) is 0 Å². The van der Waals surface area contributed by atoms with Gasteiger partial charge in [0.25, 0.3) is 5.91 Å². The third kappa shape index (κ3) is 5.02. The van der Waals surface area contributed by atoms with Gasteiger partial charge in [0.1, 0.15) is 11.9 Å². The average molecular weight is 320 g/mol. The Bertz CT molecular complexity index is 550. The summed E-state index contributed by atoms with van der Waals surface area (Å²) in [5.41, 5.74) is 0.555. The molecule has 0 radical (unpaired) electrons. The number of nitrogens with zero attached hydrogens (tertiary/aromatic N) is 2. The highest BCUT2D eigenvalue weighted by atomic mass is 19.1. The number of ether oxygens (including phenoxy) is 2. The molecule has 0 aliphatic carbocycles. The summed E-state index contributed by atoms with van der Waals surface area (Å²) >= 11 is 0. The zero-order chi connectivity index (χ0) is 16.7. The van der Waals surface area contributed by atoms with Crippen molar-refractivity contribution < 1.29 is 18.7 Å². The Morgan fingerprint density at radius 2 is 2.26 bits per heavy atom. The lowest BCUT2D eigenvalue weighted by molar-refractivity contribution is -0.131. The van der Waals surface area contributed by atoms with Crippen LogP contribution in [0.3, 0.4) is 0 Å². The van der Waals surface area contributed by atoms with Crippen molar-refractivity contribution in [2.75, 3.05) is 24.7 Å². The van der Waals surface area contributed by atoms with Gasteiger partial charge >= 0.3 is 0 Å². The Morgan fingerprint density at radius 1 is 1.52 bits per heavy atom. The van der Waals surface area contributed by atoms with Gasteiger partial charge in [0.05, 0.1) is 25.2 Å². The zero-order valence-electron chi connectivity index (χ0n) is 13.2. The van der Waals surface area contributed by atoms with Crippen molar-refractivity contribution in [1.29, 1.82) is 5.26 Å². The summed E-state index contributed by atoms with van der Waals surface area (Å²) < 4.78 is 24.2. The van der Waals surface area contributed by atoms with Crippen molar-refractivity contribution in [3.63, 3.8) is 0 Å². The molecule has 1 amide bonds. The van der Waals surface area contributed by atoms with E-state index in [1.807, 2.05) is 6.07 Å². The van der Waals surface area contributed by atoms with Gasteiger partial charge in [-0.15, -0.1) is 0 Å². The summed E-state index contributed by atoms with van der Waals surface area (Å²) in [6.45, 7) is 3.04. The van der Waals surface area contributed by atoms with Gasteiger partial charge < -0.3 is 14.4 Å². The van der Waals surface area contributed by atoms with E-state index in [0.717, 1.165) is 19.4 Å². The molecule has 6 heteroatoms. The maximum atomic E-state index is 13.1. The second-order valence-electron chi connectivity index (χ2n) is 5.48. The molecule has 0 spiro atoms. The maximum absolute atomic E-state index is 13.1. The van der Waals surface area contributed by atoms with Crippen LogP contribution in [0.1, 0.15) is 26.2 Å². The fraction of sp³-hybridized carbons (Fsp3) is 0.529. The van der Waals surface area contributed by atoms with Gasteiger partial charge in [-0.3, -0.25) is 4.79 Å². The molecule has 1 fully saturated rings. The minimum Gasteiger partial charge on any atom is -0.376 e. The van der Waals surface area contributed by atoms with Gasteiger partial charge in [-0.1, -0.05) is 0 Å². The van der Waals surface area contributed by atoms with Crippen LogP contribution in [0.5, 0.6) is 0 Å². The molecule has 1 aliphatic heterocycles. The minimum atomic E-state index is -0.650. The third-order valence-electron chi connectivity index (χ3n) is 3.76. The Balaban J connectivity index is 1.99. The summed E-state index contributed by atoms with van der Waals surface area (Å²) in [6, 6.07) is 7.65. The van der Waals surface area contributed by atoms with Gasteiger partial charge in [0.2, 0.25) is 0 Å². The highest BCUT2D eigenvalue weighted by Gasteiger charge is 2.24. The van der Waals surface area contributed by atoms with E-state index in [1.165, 1.54) is 29.2 Å². The average Bonchev–Trinajstić information content (AvgIpc) is 3.07. The molecule has 0 N–H and O–H groups in total. The second-order valence-corrected chi connectivity index (χ2v) is 5.48. The molecule has 2 atom stereocenters. The first kappa shape index (κ1) is 17.4. The lowest BCUT2D eigenvalue weighted by Gasteiger charge is -2.25. The van der Waals surface area contributed by atoms with E-state index in [4.69, 9.17) is 14.7 Å². The number of nitriles is 1. The van der Waals surface area contributed by atoms with Crippen LogP contribution in [0.4, 0.5) is 10.1 Å². The number of hydrogen-bond acceptors (Lipinski definition) is 4. The summed E-state index contributed by atoms with van der Waals surface area (Å²) in [5.74, 6) is -0.617. The molecule has 2 unspecified atom stereocenters. The summed E-state index contributed by atoms with van der Waals surface area (Å²) in [4.78, 5) is 14.1. The smallest absolute Gasteiger partial charge is 0.255 e. The molecule has 5 nitrogen and oxygen atoms in total. The highest BCUT2D eigenvalue weighted by molar-refractivity contribution is 5.96. The zero-order valence-corrected chi connectivity index (χ0v) is 13.2. The monoisotopic (exact) mass is 320 g/mol. The quantitative estimate of drug-likeness (QED) is 0.775. The van der Waals surface area contributed by atoms with Crippen LogP contribution in [-0.2, 0) is 14.3 Å². The van der Waals surface area contributed by atoms with E-state index in [9.17, 15) is 9.18 Å².